The van der Waals surface area contributed by atoms with Crippen molar-refractivity contribution in [1.29, 1.82) is 0 Å². The molecule has 6 heteroatoms. The predicted octanol–water partition coefficient (Wildman–Crippen LogP) is 2.75. The van der Waals surface area contributed by atoms with Crippen molar-refractivity contribution in [2.75, 3.05) is 6.61 Å². The normalized spacial score (nSPS) is 14.4. The van der Waals surface area contributed by atoms with Gasteiger partial charge in [-0.3, -0.25) is 14.5 Å². The van der Waals surface area contributed by atoms with Crippen LogP contribution in [0.2, 0.25) is 0 Å². The number of unbranched alkanes of at least 4 members (excludes halogenated alkanes) is 5. The quantitative estimate of drug-likeness (QED) is 0.214. The van der Waals surface area contributed by atoms with Gasteiger partial charge in [-0.05, 0) is 18.6 Å². The van der Waals surface area contributed by atoms with Crippen molar-refractivity contribution in [3.05, 3.63) is 35.4 Å². The number of carbonyl (C=O) groups is 4. The van der Waals surface area contributed by atoms with Crippen LogP contribution in [0.1, 0.15) is 66.2 Å². The second-order valence-electron chi connectivity index (χ2n) is 6.04. The van der Waals surface area contributed by atoms with Crippen LogP contribution in [0.3, 0.4) is 0 Å². The number of benzene rings is 1. The lowest BCUT2D eigenvalue weighted by molar-refractivity contribution is -0.149. The number of imide groups is 1. The van der Waals surface area contributed by atoms with Gasteiger partial charge in [0.25, 0.3) is 11.8 Å². The second-order valence-corrected chi connectivity index (χ2v) is 6.04. The van der Waals surface area contributed by atoms with Crippen LogP contribution in [0.5, 0.6) is 0 Å². The molecule has 6 nitrogen and oxygen atoms in total. The molecule has 134 valence electrons. The molecule has 1 aromatic carbocycles. The van der Waals surface area contributed by atoms with E-state index in [4.69, 9.17) is 4.74 Å². The number of carbonyl (C=O) groups excluding carboxylic acids is 4. The van der Waals surface area contributed by atoms with Crippen molar-refractivity contribution in [3.8, 4) is 0 Å². The summed E-state index contributed by atoms with van der Waals surface area (Å²) in [7, 11) is 0. The Bertz CT molecular complexity index is 620. The van der Waals surface area contributed by atoms with Gasteiger partial charge in [0.15, 0.2) is 12.3 Å². The Morgan fingerprint density at radius 1 is 1.04 bits per heavy atom. The maximum atomic E-state index is 12.3. The van der Waals surface area contributed by atoms with Gasteiger partial charge in [0.05, 0.1) is 17.7 Å². The third kappa shape index (κ3) is 4.32. The maximum absolute atomic E-state index is 12.3. The molecule has 2 amide bonds. The number of nitrogens with zero attached hydrogens (tertiary/aromatic N) is 1. The van der Waals surface area contributed by atoms with Gasteiger partial charge in [-0.1, -0.05) is 51.2 Å². The fourth-order valence-corrected chi connectivity index (χ4v) is 2.82. The highest BCUT2D eigenvalue weighted by atomic mass is 16.5. The number of amides is 2. The molecule has 0 aromatic heterocycles. The fraction of sp³-hybridized carbons (Fsp3) is 0.474. The number of rotatable bonds is 10. The maximum Gasteiger partial charge on any atom is 0.336 e. The highest BCUT2D eigenvalue weighted by molar-refractivity contribution is 6.24. The molecule has 0 radical (unpaired) electrons. The standard InChI is InChI=1S/C19H23NO5/c1-2-3-4-5-6-9-12-25-19(24)16(13-21)20-17(22)14-10-7-8-11-15(14)18(20)23/h7-8,10-11,13,16H,2-6,9,12H2,1H3. The highest BCUT2D eigenvalue weighted by Crippen LogP contribution is 2.24. The molecule has 1 aliphatic rings. The minimum absolute atomic E-state index is 0.179. The van der Waals surface area contributed by atoms with Crippen molar-refractivity contribution in [1.82, 2.24) is 4.90 Å². The van der Waals surface area contributed by atoms with Gasteiger partial charge in [0, 0.05) is 0 Å². The van der Waals surface area contributed by atoms with Gasteiger partial charge in [-0.2, -0.15) is 0 Å². The number of ether oxygens (including phenoxy) is 1. The topological polar surface area (TPSA) is 80.8 Å². The summed E-state index contributed by atoms with van der Waals surface area (Å²) < 4.78 is 5.09. The van der Waals surface area contributed by atoms with Crippen LogP contribution >= 0.6 is 0 Å². The number of esters is 1. The number of hydrogen-bond acceptors (Lipinski definition) is 5. The van der Waals surface area contributed by atoms with Gasteiger partial charge in [-0.25, -0.2) is 4.79 Å². The third-order valence-corrected chi connectivity index (χ3v) is 4.22. The summed E-state index contributed by atoms with van der Waals surface area (Å²) >= 11 is 0. The van der Waals surface area contributed by atoms with Gasteiger partial charge < -0.3 is 9.53 Å². The number of aldehydes is 1. The Morgan fingerprint density at radius 2 is 1.60 bits per heavy atom. The fourth-order valence-electron chi connectivity index (χ4n) is 2.82. The largest absolute Gasteiger partial charge is 0.464 e. The molecule has 1 aliphatic heterocycles. The van der Waals surface area contributed by atoms with E-state index in [2.05, 4.69) is 6.92 Å². The van der Waals surface area contributed by atoms with E-state index >= 15 is 0 Å². The van der Waals surface area contributed by atoms with E-state index in [0.717, 1.165) is 25.7 Å². The zero-order valence-electron chi connectivity index (χ0n) is 14.4. The first-order valence-electron chi connectivity index (χ1n) is 8.70. The summed E-state index contributed by atoms with van der Waals surface area (Å²) in [5, 5.41) is 0. The van der Waals surface area contributed by atoms with Crippen LogP contribution in [0.15, 0.2) is 24.3 Å². The van der Waals surface area contributed by atoms with E-state index in [-0.39, 0.29) is 24.0 Å². The molecule has 0 aliphatic carbocycles. The Balaban J connectivity index is 1.90. The van der Waals surface area contributed by atoms with Crippen LogP contribution in [-0.4, -0.2) is 41.6 Å². The number of fused-ring (bicyclic) bond motifs is 1. The van der Waals surface area contributed by atoms with Crippen LogP contribution in [0.25, 0.3) is 0 Å². The zero-order valence-corrected chi connectivity index (χ0v) is 14.4. The van der Waals surface area contributed by atoms with Crippen molar-refractivity contribution in [3.63, 3.8) is 0 Å². The lowest BCUT2D eigenvalue weighted by Crippen LogP contribution is -2.46. The van der Waals surface area contributed by atoms with Crippen molar-refractivity contribution >= 4 is 24.1 Å². The lowest BCUT2D eigenvalue weighted by Gasteiger charge is -2.19. The SMILES string of the molecule is CCCCCCCCOC(=O)C(C=O)N1C(=O)c2ccccc2C1=O. The lowest BCUT2D eigenvalue weighted by atomic mass is 10.1. The summed E-state index contributed by atoms with van der Waals surface area (Å²) in [6.07, 6.45) is 6.49. The van der Waals surface area contributed by atoms with Crippen molar-refractivity contribution < 1.29 is 23.9 Å². The van der Waals surface area contributed by atoms with E-state index < -0.39 is 23.8 Å². The molecular formula is C19H23NO5. The van der Waals surface area contributed by atoms with E-state index in [0.29, 0.717) is 11.3 Å². The van der Waals surface area contributed by atoms with Crippen LogP contribution in [-0.2, 0) is 14.3 Å². The minimum atomic E-state index is -1.53. The molecule has 0 spiro atoms. The third-order valence-electron chi connectivity index (χ3n) is 4.22. The molecule has 0 fully saturated rings. The summed E-state index contributed by atoms with van der Waals surface area (Å²) in [6, 6.07) is 4.71. The summed E-state index contributed by atoms with van der Waals surface area (Å²) in [6.45, 7) is 2.32. The van der Waals surface area contributed by atoms with Crippen LogP contribution < -0.4 is 0 Å². The summed E-state index contributed by atoms with van der Waals surface area (Å²) in [5.41, 5.74) is 0.395. The molecule has 1 atom stereocenters. The smallest absolute Gasteiger partial charge is 0.336 e. The van der Waals surface area contributed by atoms with Crippen LogP contribution in [0, 0.1) is 0 Å². The molecule has 1 unspecified atom stereocenters. The monoisotopic (exact) mass is 345 g/mol. The van der Waals surface area contributed by atoms with E-state index in [9.17, 15) is 19.2 Å². The molecule has 25 heavy (non-hydrogen) atoms. The van der Waals surface area contributed by atoms with Gasteiger partial charge in [0.1, 0.15) is 0 Å². The first-order chi connectivity index (χ1) is 12.1. The van der Waals surface area contributed by atoms with E-state index in [1.165, 1.54) is 18.6 Å². The Hall–Kier alpha value is -2.50. The summed E-state index contributed by atoms with van der Waals surface area (Å²) in [5.74, 6) is -2.15. The van der Waals surface area contributed by atoms with Gasteiger partial charge in [-0.15, -0.1) is 0 Å². The first kappa shape index (κ1) is 18.8. The highest BCUT2D eigenvalue weighted by Gasteiger charge is 2.43. The molecule has 0 bridgehead atoms. The molecule has 1 aromatic rings. The average molecular weight is 345 g/mol. The molecule has 0 N–H and O–H groups in total. The Morgan fingerprint density at radius 3 is 2.16 bits per heavy atom. The second kappa shape index (κ2) is 9.11. The van der Waals surface area contributed by atoms with E-state index in [1.807, 2.05) is 0 Å². The van der Waals surface area contributed by atoms with Crippen LogP contribution in [0.4, 0.5) is 0 Å². The molecular weight excluding hydrogens is 322 g/mol. The Labute approximate surface area is 147 Å². The molecule has 2 rings (SSSR count). The van der Waals surface area contributed by atoms with Crippen molar-refractivity contribution in [2.24, 2.45) is 0 Å². The summed E-state index contributed by atoms with van der Waals surface area (Å²) in [4.78, 5) is 48.8. The van der Waals surface area contributed by atoms with Gasteiger partial charge >= 0.3 is 5.97 Å². The predicted molar refractivity (Wildman–Crippen MR) is 91.1 cm³/mol. The Kier molecular flexibility index (Phi) is 6.86. The molecule has 0 saturated heterocycles. The minimum Gasteiger partial charge on any atom is -0.464 e. The van der Waals surface area contributed by atoms with Gasteiger partial charge in [0.2, 0.25) is 0 Å². The molecule has 1 heterocycles. The number of hydrogen-bond donors (Lipinski definition) is 0. The average Bonchev–Trinajstić information content (AvgIpc) is 2.87. The molecule has 0 saturated carbocycles. The zero-order chi connectivity index (χ0) is 18.2. The van der Waals surface area contributed by atoms with E-state index in [1.54, 1.807) is 12.1 Å². The van der Waals surface area contributed by atoms with Crippen molar-refractivity contribution in [2.45, 2.75) is 51.5 Å². The first-order valence-corrected chi connectivity index (χ1v) is 8.70.